The molecule has 1 amide bonds. The first-order valence-corrected chi connectivity index (χ1v) is 12.0. The van der Waals surface area contributed by atoms with Crippen molar-refractivity contribution in [1.82, 2.24) is 9.29 Å². The number of rotatable bonds is 5. The van der Waals surface area contributed by atoms with Crippen molar-refractivity contribution in [2.45, 2.75) is 30.2 Å². The Labute approximate surface area is 183 Å². The van der Waals surface area contributed by atoms with Crippen LogP contribution in [0.15, 0.2) is 47.4 Å². The summed E-state index contributed by atoms with van der Waals surface area (Å²) in [4.78, 5) is 17.6. The minimum atomic E-state index is -3.82. The predicted molar refractivity (Wildman–Crippen MR) is 118 cm³/mol. The number of halogens is 1. The van der Waals surface area contributed by atoms with Crippen molar-refractivity contribution in [2.24, 2.45) is 0 Å². The van der Waals surface area contributed by atoms with Gasteiger partial charge in [0, 0.05) is 11.6 Å². The summed E-state index contributed by atoms with van der Waals surface area (Å²) in [5.41, 5.74) is 0.741. The molecule has 0 aliphatic carbocycles. The van der Waals surface area contributed by atoms with Gasteiger partial charge in [-0.3, -0.25) is 4.79 Å². The Morgan fingerprint density at radius 2 is 2.00 bits per heavy atom. The van der Waals surface area contributed by atoms with E-state index in [4.69, 9.17) is 16.3 Å². The topological polar surface area (TPSA) is 88.6 Å². The number of nitrogens with one attached hydrogen (secondary N) is 1. The molecule has 1 aliphatic rings. The number of methoxy groups -OCH3 is 1. The zero-order chi connectivity index (χ0) is 21.3. The molecule has 1 atom stereocenters. The molecule has 10 heteroatoms. The van der Waals surface area contributed by atoms with Crippen LogP contribution in [0, 0.1) is 0 Å². The SMILES string of the molecule is COc1ccc2nc(NC(=O)[C@H]3CCCCN3S(=O)(=O)c3ccc(Cl)cc3)sc2c1. The minimum absolute atomic E-state index is 0.124. The molecule has 1 saturated heterocycles. The van der Waals surface area contributed by atoms with Crippen molar-refractivity contribution in [3.63, 3.8) is 0 Å². The predicted octanol–water partition coefficient (Wildman–Crippen LogP) is 4.14. The number of anilines is 1. The van der Waals surface area contributed by atoms with Gasteiger partial charge in [0.05, 0.1) is 22.2 Å². The summed E-state index contributed by atoms with van der Waals surface area (Å²) in [6.45, 7) is 0.292. The Bertz CT molecular complexity index is 1180. The number of sulfonamides is 1. The standard InChI is InChI=1S/C20H20ClN3O4S2/c1-28-14-7-10-16-18(12-14)29-20(22-16)23-19(25)17-4-2-3-11-24(17)30(26,27)15-8-5-13(21)6-9-15/h5-10,12,17H,2-4,11H2,1H3,(H,22,23,25)/t17-/m1/s1. The summed E-state index contributed by atoms with van der Waals surface area (Å²) in [6, 6.07) is 10.7. The summed E-state index contributed by atoms with van der Waals surface area (Å²) in [6.07, 6.45) is 1.94. The molecule has 2 heterocycles. The molecule has 0 bridgehead atoms. The van der Waals surface area contributed by atoms with Crippen LogP contribution in [-0.4, -0.2) is 43.3 Å². The molecular weight excluding hydrogens is 446 g/mol. The number of nitrogens with zero attached hydrogens (tertiary/aromatic N) is 2. The van der Waals surface area contributed by atoms with E-state index in [1.165, 1.54) is 39.9 Å². The highest BCUT2D eigenvalue weighted by Crippen LogP contribution is 2.31. The van der Waals surface area contributed by atoms with Crippen LogP contribution in [0.1, 0.15) is 19.3 Å². The van der Waals surface area contributed by atoms with Gasteiger partial charge in [-0.05, 0) is 55.3 Å². The number of hydrogen-bond acceptors (Lipinski definition) is 6. The lowest BCUT2D eigenvalue weighted by atomic mass is 10.0. The second kappa shape index (κ2) is 8.50. The van der Waals surface area contributed by atoms with Gasteiger partial charge in [-0.15, -0.1) is 0 Å². The first-order valence-electron chi connectivity index (χ1n) is 9.41. The number of ether oxygens (including phenoxy) is 1. The number of piperidine rings is 1. The number of amides is 1. The Morgan fingerprint density at radius 1 is 1.23 bits per heavy atom. The molecule has 0 unspecified atom stereocenters. The normalized spacial score (nSPS) is 17.7. The summed E-state index contributed by atoms with van der Waals surface area (Å²) in [5.74, 6) is 0.329. The third-order valence-electron chi connectivity index (χ3n) is 5.00. The lowest BCUT2D eigenvalue weighted by Gasteiger charge is -2.33. The smallest absolute Gasteiger partial charge is 0.244 e. The molecule has 0 saturated carbocycles. The van der Waals surface area contributed by atoms with Gasteiger partial charge in [-0.2, -0.15) is 4.31 Å². The lowest BCUT2D eigenvalue weighted by molar-refractivity contribution is -0.120. The molecule has 1 N–H and O–H groups in total. The van der Waals surface area contributed by atoms with Crippen LogP contribution in [0.5, 0.6) is 5.75 Å². The van der Waals surface area contributed by atoms with Crippen LogP contribution in [0.2, 0.25) is 5.02 Å². The molecule has 1 aliphatic heterocycles. The highest BCUT2D eigenvalue weighted by atomic mass is 35.5. The molecule has 158 valence electrons. The summed E-state index contributed by atoms with van der Waals surface area (Å²) >= 11 is 7.20. The third kappa shape index (κ3) is 4.15. The second-order valence-corrected chi connectivity index (χ2v) is 10.3. The fourth-order valence-electron chi connectivity index (χ4n) is 3.47. The van der Waals surface area contributed by atoms with Gasteiger partial charge in [0.2, 0.25) is 15.9 Å². The van der Waals surface area contributed by atoms with E-state index in [9.17, 15) is 13.2 Å². The van der Waals surface area contributed by atoms with Crippen molar-refractivity contribution < 1.29 is 17.9 Å². The van der Waals surface area contributed by atoms with Crippen molar-refractivity contribution in [1.29, 1.82) is 0 Å². The van der Waals surface area contributed by atoms with E-state index < -0.39 is 16.1 Å². The molecule has 0 spiro atoms. The number of aromatic nitrogens is 1. The van der Waals surface area contributed by atoms with Gasteiger partial charge < -0.3 is 10.1 Å². The zero-order valence-electron chi connectivity index (χ0n) is 16.2. The largest absolute Gasteiger partial charge is 0.497 e. The van der Waals surface area contributed by atoms with Crippen LogP contribution in [0.3, 0.4) is 0 Å². The van der Waals surface area contributed by atoms with E-state index in [0.29, 0.717) is 35.3 Å². The summed E-state index contributed by atoms with van der Waals surface area (Å²) in [7, 11) is -2.23. The van der Waals surface area contributed by atoms with Gasteiger partial charge >= 0.3 is 0 Å². The fourth-order valence-corrected chi connectivity index (χ4v) is 6.15. The summed E-state index contributed by atoms with van der Waals surface area (Å²) < 4.78 is 33.7. The number of thiazole rings is 1. The molecular formula is C20H20ClN3O4S2. The number of carbonyl (C=O) groups is 1. The van der Waals surface area contributed by atoms with E-state index in [2.05, 4.69) is 10.3 Å². The average molecular weight is 466 g/mol. The molecule has 4 rings (SSSR count). The molecule has 7 nitrogen and oxygen atoms in total. The van der Waals surface area contributed by atoms with Crippen LogP contribution in [-0.2, 0) is 14.8 Å². The van der Waals surface area contributed by atoms with Crippen LogP contribution in [0.4, 0.5) is 5.13 Å². The number of fused-ring (bicyclic) bond motifs is 1. The fraction of sp³-hybridized carbons (Fsp3) is 0.300. The van der Waals surface area contributed by atoms with E-state index in [0.717, 1.165) is 16.6 Å². The Balaban J connectivity index is 1.58. The molecule has 1 aromatic heterocycles. The van der Waals surface area contributed by atoms with Crippen molar-refractivity contribution in [3.05, 3.63) is 47.5 Å². The second-order valence-electron chi connectivity index (χ2n) is 6.92. The molecule has 30 heavy (non-hydrogen) atoms. The first kappa shape index (κ1) is 21.0. The molecule has 2 aromatic carbocycles. The minimum Gasteiger partial charge on any atom is -0.497 e. The lowest BCUT2D eigenvalue weighted by Crippen LogP contribution is -2.49. The van der Waals surface area contributed by atoms with E-state index in [1.54, 1.807) is 13.2 Å². The Morgan fingerprint density at radius 3 is 2.73 bits per heavy atom. The number of carbonyl (C=O) groups excluding carboxylic acids is 1. The highest BCUT2D eigenvalue weighted by molar-refractivity contribution is 7.89. The van der Waals surface area contributed by atoms with Crippen molar-refractivity contribution in [3.8, 4) is 5.75 Å². The van der Waals surface area contributed by atoms with Gasteiger partial charge in [-0.25, -0.2) is 13.4 Å². The van der Waals surface area contributed by atoms with Gasteiger partial charge in [0.1, 0.15) is 11.8 Å². The maximum absolute atomic E-state index is 13.2. The van der Waals surface area contributed by atoms with Crippen molar-refractivity contribution in [2.75, 3.05) is 19.0 Å². The van der Waals surface area contributed by atoms with Crippen LogP contribution >= 0.6 is 22.9 Å². The van der Waals surface area contributed by atoms with Gasteiger partial charge in [0.15, 0.2) is 5.13 Å². The van der Waals surface area contributed by atoms with E-state index in [-0.39, 0.29) is 10.8 Å². The van der Waals surface area contributed by atoms with E-state index >= 15 is 0 Å². The molecule has 0 radical (unpaired) electrons. The maximum atomic E-state index is 13.2. The zero-order valence-corrected chi connectivity index (χ0v) is 18.6. The number of hydrogen-bond donors (Lipinski definition) is 1. The first-order chi connectivity index (χ1) is 14.4. The molecule has 1 fully saturated rings. The third-order valence-corrected chi connectivity index (χ3v) is 8.11. The quantitative estimate of drug-likeness (QED) is 0.611. The van der Waals surface area contributed by atoms with Crippen LogP contribution in [0.25, 0.3) is 10.2 Å². The Kier molecular flexibility index (Phi) is 5.97. The highest BCUT2D eigenvalue weighted by Gasteiger charge is 2.37. The van der Waals surface area contributed by atoms with Gasteiger partial charge in [-0.1, -0.05) is 29.4 Å². The molecule has 3 aromatic rings. The maximum Gasteiger partial charge on any atom is 0.244 e. The van der Waals surface area contributed by atoms with E-state index in [1.807, 2.05) is 12.1 Å². The average Bonchev–Trinajstić information content (AvgIpc) is 3.15. The monoisotopic (exact) mass is 465 g/mol. The van der Waals surface area contributed by atoms with Crippen molar-refractivity contribution >= 4 is 54.2 Å². The Hall–Kier alpha value is -2.20. The van der Waals surface area contributed by atoms with Gasteiger partial charge in [0.25, 0.3) is 0 Å². The number of benzene rings is 2. The van der Waals surface area contributed by atoms with Crippen LogP contribution < -0.4 is 10.1 Å². The summed E-state index contributed by atoms with van der Waals surface area (Å²) in [5, 5.41) is 3.68.